The lowest BCUT2D eigenvalue weighted by molar-refractivity contribution is -0.149. The Kier molecular flexibility index (Phi) is 6.61. The molecular formula is C20H24N2O5S. The number of methoxy groups -OCH3 is 2. The minimum absolute atomic E-state index is 0.0741. The van der Waals surface area contributed by atoms with Gasteiger partial charge in [0.1, 0.15) is 11.5 Å². The van der Waals surface area contributed by atoms with Crippen LogP contribution in [0.15, 0.2) is 28.1 Å². The average molecular weight is 404 g/mol. The van der Waals surface area contributed by atoms with Crippen LogP contribution < -0.4 is 9.47 Å². The monoisotopic (exact) mass is 404 g/mol. The number of ether oxygens (including phenoxy) is 3. The van der Waals surface area contributed by atoms with E-state index < -0.39 is 0 Å². The Bertz CT molecular complexity index is 813. The van der Waals surface area contributed by atoms with Gasteiger partial charge in [0.15, 0.2) is 5.17 Å². The van der Waals surface area contributed by atoms with Gasteiger partial charge in [0.25, 0.3) is 5.91 Å². The SMILES string of the molecule is CCOC(=O)C1CCN(C2=NC(=O)/C(=C/c3cc(OC)ccc3OC)S2)CC1. The topological polar surface area (TPSA) is 77.4 Å². The summed E-state index contributed by atoms with van der Waals surface area (Å²) in [5.74, 6) is 0.868. The lowest BCUT2D eigenvalue weighted by atomic mass is 9.97. The normalized spacial score (nSPS) is 19.0. The first kappa shape index (κ1) is 20.3. The summed E-state index contributed by atoms with van der Waals surface area (Å²) in [6, 6.07) is 5.43. The maximum atomic E-state index is 12.4. The van der Waals surface area contributed by atoms with Crippen molar-refractivity contribution in [1.82, 2.24) is 4.90 Å². The Morgan fingerprint density at radius 2 is 2.04 bits per heavy atom. The third-order valence-electron chi connectivity index (χ3n) is 4.72. The number of likely N-dealkylation sites (tertiary alicyclic amines) is 1. The van der Waals surface area contributed by atoms with Crippen molar-refractivity contribution in [2.45, 2.75) is 19.8 Å². The van der Waals surface area contributed by atoms with E-state index in [-0.39, 0.29) is 17.8 Å². The Balaban J connectivity index is 1.68. The molecule has 3 rings (SSSR count). The van der Waals surface area contributed by atoms with E-state index in [4.69, 9.17) is 14.2 Å². The van der Waals surface area contributed by atoms with Gasteiger partial charge in [-0.05, 0) is 55.8 Å². The number of amidine groups is 1. The average Bonchev–Trinajstić information content (AvgIpc) is 3.08. The molecule has 0 aromatic heterocycles. The van der Waals surface area contributed by atoms with E-state index in [0.29, 0.717) is 54.1 Å². The van der Waals surface area contributed by atoms with E-state index in [2.05, 4.69) is 9.89 Å². The van der Waals surface area contributed by atoms with Crippen LogP contribution in [0.25, 0.3) is 6.08 Å². The van der Waals surface area contributed by atoms with Gasteiger partial charge in [0, 0.05) is 18.7 Å². The fraction of sp³-hybridized carbons (Fsp3) is 0.450. The van der Waals surface area contributed by atoms with E-state index >= 15 is 0 Å². The number of rotatable bonds is 5. The van der Waals surface area contributed by atoms with Crippen molar-refractivity contribution in [3.63, 3.8) is 0 Å². The number of esters is 1. The smallest absolute Gasteiger partial charge is 0.309 e. The van der Waals surface area contributed by atoms with Crippen LogP contribution in [-0.4, -0.2) is 55.9 Å². The van der Waals surface area contributed by atoms with Gasteiger partial charge in [0.05, 0.1) is 31.6 Å². The largest absolute Gasteiger partial charge is 0.497 e. The van der Waals surface area contributed by atoms with Crippen LogP contribution in [0.4, 0.5) is 0 Å². The molecule has 0 aliphatic carbocycles. The highest BCUT2D eigenvalue weighted by Gasteiger charge is 2.31. The maximum absolute atomic E-state index is 12.4. The van der Waals surface area contributed by atoms with Gasteiger partial charge >= 0.3 is 5.97 Å². The predicted molar refractivity (Wildman–Crippen MR) is 108 cm³/mol. The van der Waals surface area contributed by atoms with Crippen LogP contribution in [0, 0.1) is 5.92 Å². The fourth-order valence-electron chi connectivity index (χ4n) is 3.19. The van der Waals surface area contributed by atoms with Gasteiger partial charge in [-0.3, -0.25) is 9.59 Å². The van der Waals surface area contributed by atoms with Crippen molar-refractivity contribution in [3.05, 3.63) is 28.7 Å². The molecule has 0 atom stereocenters. The molecule has 150 valence electrons. The summed E-state index contributed by atoms with van der Waals surface area (Å²) in [6.07, 6.45) is 3.18. The Hall–Kier alpha value is -2.48. The first-order valence-electron chi connectivity index (χ1n) is 9.21. The minimum Gasteiger partial charge on any atom is -0.497 e. The molecule has 1 amide bonds. The van der Waals surface area contributed by atoms with E-state index in [1.807, 2.05) is 13.0 Å². The molecule has 1 saturated heterocycles. The number of carbonyl (C=O) groups is 2. The van der Waals surface area contributed by atoms with E-state index in [1.54, 1.807) is 32.4 Å². The van der Waals surface area contributed by atoms with Crippen molar-refractivity contribution in [1.29, 1.82) is 0 Å². The van der Waals surface area contributed by atoms with Gasteiger partial charge in [-0.2, -0.15) is 4.99 Å². The number of thioether (sulfide) groups is 1. The minimum atomic E-state index is -0.266. The number of nitrogens with zero attached hydrogens (tertiary/aromatic N) is 2. The van der Waals surface area contributed by atoms with Crippen molar-refractivity contribution in [2.75, 3.05) is 33.9 Å². The summed E-state index contributed by atoms with van der Waals surface area (Å²) in [5, 5.41) is 0.681. The summed E-state index contributed by atoms with van der Waals surface area (Å²) in [6.45, 7) is 3.57. The summed E-state index contributed by atoms with van der Waals surface area (Å²) in [7, 11) is 3.18. The van der Waals surface area contributed by atoms with Crippen LogP contribution in [0.5, 0.6) is 11.5 Å². The van der Waals surface area contributed by atoms with Crippen molar-refractivity contribution < 1.29 is 23.8 Å². The van der Waals surface area contributed by atoms with E-state index in [9.17, 15) is 9.59 Å². The third-order valence-corrected chi connectivity index (χ3v) is 5.76. The molecule has 28 heavy (non-hydrogen) atoms. The molecule has 0 bridgehead atoms. The zero-order chi connectivity index (χ0) is 20.1. The molecule has 1 aromatic rings. The Morgan fingerprint density at radius 3 is 2.68 bits per heavy atom. The fourth-order valence-corrected chi connectivity index (χ4v) is 4.15. The second kappa shape index (κ2) is 9.14. The zero-order valence-corrected chi connectivity index (χ0v) is 17.1. The first-order chi connectivity index (χ1) is 13.5. The number of aliphatic imine (C=N–C) groups is 1. The van der Waals surface area contributed by atoms with Gasteiger partial charge in [0.2, 0.25) is 0 Å². The number of carbonyl (C=O) groups excluding carboxylic acids is 2. The van der Waals surface area contributed by atoms with Crippen LogP contribution in [-0.2, 0) is 14.3 Å². The molecule has 0 saturated carbocycles. The molecule has 0 N–H and O–H groups in total. The molecule has 0 spiro atoms. The number of hydrogen-bond donors (Lipinski definition) is 0. The molecule has 2 heterocycles. The molecule has 2 aliphatic rings. The predicted octanol–water partition coefficient (Wildman–Crippen LogP) is 2.95. The molecule has 7 nitrogen and oxygen atoms in total. The van der Waals surface area contributed by atoms with E-state index in [1.165, 1.54) is 11.8 Å². The number of amides is 1. The van der Waals surface area contributed by atoms with Crippen LogP contribution in [0.1, 0.15) is 25.3 Å². The van der Waals surface area contributed by atoms with Gasteiger partial charge in [-0.1, -0.05) is 0 Å². The summed E-state index contributed by atoms with van der Waals surface area (Å²) >= 11 is 1.35. The lowest BCUT2D eigenvalue weighted by Gasteiger charge is -2.31. The molecular weight excluding hydrogens is 380 g/mol. The lowest BCUT2D eigenvalue weighted by Crippen LogP contribution is -2.39. The summed E-state index contributed by atoms with van der Waals surface area (Å²) in [5.41, 5.74) is 0.759. The molecule has 1 aromatic carbocycles. The van der Waals surface area contributed by atoms with Crippen molar-refractivity contribution in [3.8, 4) is 11.5 Å². The second-order valence-corrected chi connectivity index (χ2v) is 7.44. The number of piperidine rings is 1. The van der Waals surface area contributed by atoms with Crippen molar-refractivity contribution in [2.24, 2.45) is 10.9 Å². The van der Waals surface area contributed by atoms with Gasteiger partial charge < -0.3 is 19.1 Å². The third kappa shape index (κ3) is 4.49. The maximum Gasteiger partial charge on any atom is 0.309 e. The molecule has 1 fully saturated rings. The summed E-state index contributed by atoms with van der Waals surface area (Å²) in [4.78, 5) is 31.1. The van der Waals surface area contributed by atoms with Crippen LogP contribution >= 0.6 is 11.8 Å². The number of benzene rings is 1. The highest BCUT2D eigenvalue weighted by Crippen LogP contribution is 2.35. The highest BCUT2D eigenvalue weighted by molar-refractivity contribution is 8.18. The van der Waals surface area contributed by atoms with Crippen LogP contribution in [0.3, 0.4) is 0 Å². The number of hydrogen-bond acceptors (Lipinski definition) is 7. The van der Waals surface area contributed by atoms with Crippen molar-refractivity contribution >= 4 is 34.9 Å². The van der Waals surface area contributed by atoms with Crippen LogP contribution in [0.2, 0.25) is 0 Å². The van der Waals surface area contributed by atoms with Gasteiger partial charge in [-0.15, -0.1) is 0 Å². The summed E-state index contributed by atoms with van der Waals surface area (Å²) < 4.78 is 15.7. The van der Waals surface area contributed by atoms with Gasteiger partial charge in [-0.25, -0.2) is 0 Å². The molecule has 8 heteroatoms. The first-order valence-corrected chi connectivity index (χ1v) is 10.0. The Labute approximate surface area is 168 Å². The molecule has 2 aliphatic heterocycles. The highest BCUT2D eigenvalue weighted by atomic mass is 32.2. The standard InChI is InChI=1S/C20H24N2O5S/c1-4-27-19(24)13-7-9-22(10-8-13)20-21-18(23)17(28-20)12-14-11-15(25-2)5-6-16(14)26-3/h5-6,11-13H,4,7-10H2,1-3H3/b17-12-. The Morgan fingerprint density at radius 1 is 1.29 bits per heavy atom. The zero-order valence-electron chi connectivity index (χ0n) is 16.3. The second-order valence-electron chi connectivity index (χ2n) is 6.43. The molecule has 0 radical (unpaired) electrons. The quantitative estimate of drug-likeness (QED) is 0.551. The molecule has 0 unspecified atom stereocenters. The van der Waals surface area contributed by atoms with E-state index in [0.717, 1.165) is 5.56 Å².